The third kappa shape index (κ3) is 4.49. The lowest BCUT2D eigenvalue weighted by molar-refractivity contribution is 0.669. The summed E-state index contributed by atoms with van der Waals surface area (Å²) in [6.07, 6.45) is 0. The normalized spacial score (nSPS) is 13.6. The van der Waals surface area contributed by atoms with Crippen molar-refractivity contribution in [3.63, 3.8) is 0 Å². The molecule has 1 aliphatic carbocycles. The molecular formula is C53H33NO. The minimum atomic E-state index is 0.103. The molecule has 0 N–H and O–H groups in total. The molecule has 1 aliphatic rings. The van der Waals surface area contributed by atoms with Crippen LogP contribution in [0.3, 0.4) is 0 Å². The van der Waals surface area contributed by atoms with Gasteiger partial charge in [0.25, 0.3) is 0 Å². The molecule has 1 atom stereocenters. The molecule has 2 heteroatoms. The fraction of sp³-hybridized carbons (Fsp3) is 0.0189. The molecule has 1 unspecified atom stereocenters. The summed E-state index contributed by atoms with van der Waals surface area (Å²) in [5.41, 5.74) is 17.0. The fourth-order valence-electron chi connectivity index (χ4n) is 9.45. The van der Waals surface area contributed by atoms with Gasteiger partial charge in [-0.15, -0.1) is 0 Å². The van der Waals surface area contributed by atoms with E-state index in [-0.39, 0.29) is 5.92 Å². The first-order valence-electron chi connectivity index (χ1n) is 19.0. The van der Waals surface area contributed by atoms with E-state index in [9.17, 15) is 0 Å². The maximum absolute atomic E-state index is 6.32. The van der Waals surface area contributed by atoms with Crippen LogP contribution in [0.15, 0.2) is 199 Å². The van der Waals surface area contributed by atoms with E-state index in [0.717, 1.165) is 27.5 Å². The van der Waals surface area contributed by atoms with E-state index in [4.69, 9.17) is 4.42 Å². The van der Waals surface area contributed by atoms with Gasteiger partial charge in [-0.3, -0.25) is 0 Å². The lowest BCUT2D eigenvalue weighted by Gasteiger charge is -2.19. The minimum absolute atomic E-state index is 0.103. The summed E-state index contributed by atoms with van der Waals surface area (Å²) in [5.74, 6) is 0.103. The van der Waals surface area contributed by atoms with Gasteiger partial charge in [0.1, 0.15) is 11.2 Å². The second kappa shape index (κ2) is 11.7. The van der Waals surface area contributed by atoms with Gasteiger partial charge in [0.05, 0.1) is 11.0 Å². The topological polar surface area (TPSA) is 18.1 Å². The average Bonchev–Trinajstić information content (AvgIpc) is 3.90. The lowest BCUT2D eigenvalue weighted by Crippen LogP contribution is -2.01. The molecule has 9 aromatic carbocycles. The number of furan rings is 1. The van der Waals surface area contributed by atoms with Crippen LogP contribution in [0.25, 0.3) is 93.6 Å². The number of aromatic nitrogens is 1. The molecule has 11 aromatic rings. The largest absolute Gasteiger partial charge is 0.456 e. The highest BCUT2D eigenvalue weighted by atomic mass is 16.3. The summed E-state index contributed by atoms with van der Waals surface area (Å²) in [6.45, 7) is 0. The zero-order valence-electron chi connectivity index (χ0n) is 29.9. The predicted molar refractivity (Wildman–Crippen MR) is 229 cm³/mol. The third-order valence-corrected chi connectivity index (χ3v) is 11.9. The molecule has 256 valence electrons. The van der Waals surface area contributed by atoms with E-state index >= 15 is 0 Å². The summed E-state index contributed by atoms with van der Waals surface area (Å²) in [6, 6.07) is 71.1. The van der Waals surface area contributed by atoms with Crippen LogP contribution in [0.2, 0.25) is 0 Å². The second-order valence-corrected chi connectivity index (χ2v) is 14.8. The SMILES string of the molecule is c1ccc(-n2c3ccccc3c3cc(-c4ccc5c(c4)C(c4ccc(-c6ccc7c(c6)oc6ccccc67)c6ccccc46)c4ccccc4-5)ccc32)cc1. The van der Waals surface area contributed by atoms with Crippen molar-refractivity contribution >= 4 is 54.5 Å². The van der Waals surface area contributed by atoms with E-state index in [2.05, 4.69) is 187 Å². The van der Waals surface area contributed by atoms with Crippen molar-refractivity contribution < 1.29 is 4.42 Å². The monoisotopic (exact) mass is 699 g/mol. The quantitative estimate of drug-likeness (QED) is 0.179. The Kier molecular flexibility index (Phi) is 6.43. The summed E-state index contributed by atoms with van der Waals surface area (Å²) < 4.78 is 8.70. The Morgan fingerprint density at radius 1 is 0.327 bits per heavy atom. The van der Waals surface area contributed by atoms with Crippen molar-refractivity contribution in [1.82, 2.24) is 4.57 Å². The van der Waals surface area contributed by atoms with Gasteiger partial charge in [0.2, 0.25) is 0 Å². The first-order chi connectivity index (χ1) is 27.3. The van der Waals surface area contributed by atoms with Crippen molar-refractivity contribution in [2.45, 2.75) is 5.92 Å². The maximum atomic E-state index is 6.32. The van der Waals surface area contributed by atoms with E-state index in [1.54, 1.807) is 0 Å². The van der Waals surface area contributed by atoms with Crippen molar-refractivity contribution in [2.24, 2.45) is 0 Å². The van der Waals surface area contributed by atoms with Gasteiger partial charge in [0.15, 0.2) is 0 Å². The number of rotatable bonds is 4. The molecular weight excluding hydrogens is 667 g/mol. The Balaban J connectivity index is 1.01. The summed E-state index contributed by atoms with van der Waals surface area (Å²) in [4.78, 5) is 0. The van der Waals surface area contributed by atoms with Gasteiger partial charge in [-0.2, -0.15) is 0 Å². The number of nitrogens with zero attached hydrogens (tertiary/aromatic N) is 1. The van der Waals surface area contributed by atoms with E-state index in [0.29, 0.717) is 0 Å². The second-order valence-electron chi connectivity index (χ2n) is 14.8. The molecule has 0 amide bonds. The molecule has 0 spiro atoms. The van der Waals surface area contributed by atoms with Gasteiger partial charge >= 0.3 is 0 Å². The van der Waals surface area contributed by atoms with E-state index < -0.39 is 0 Å². The van der Waals surface area contributed by atoms with Gasteiger partial charge in [-0.25, -0.2) is 0 Å². The summed E-state index contributed by atoms with van der Waals surface area (Å²) in [7, 11) is 0. The number of hydrogen-bond acceptors (Lipinski definition) is 1. The first-order valence-corrected chi connectivity index (χ1v) is 19.0. The van der Waals surface area contributed by atoms with Crippen molar-refractivity contribution in [3.05, 3.63) is 211 Å². The van der Waals surface area contributed by atoms with Gasteiger partial charge < -0.3 is 8.98 Å². The highest BCUT2D eigenvalue weighted by molar-refractivity contribution is 6.11. The molecule has 0 saturated carbocycles. The smallest absolute Gasteiger partial charge is 0.136 e. The Labute approximate surface area is 318 Å². The Morgan fingerprint density at radius 2 is 0.964 bits per heavy atom. The maximum Gasteiger partial charge on any atom is 0.136 e. The average molecular weight is 700 g/mol. The molecule has 0 saturated heterocycles. The van der Waals surface area contributed by atoms with E-state index in [1.165, 1.54) is 82.8 Å². The molecule has 0 aliphatic heterocycles. The van der Waals surface area contributed by atoms with Crippen LogP contribution in [0.5, 0.6) is 0 Å². The number of para-hydroxylation sites is 3. The van der Waals surface area contributed by atoms with Crippen molar-refractivity contribution in [1.29, 1.82) is 0 Å². The van der Waals surface area contributed by atoms with E-state index in [1.807, 2.05) is 12.1 Å². The van der Waals surface area contributed by atoms with Crippen LogP contribution in [0.1, 0.15) is 22.6 Å². The minimum Gasteiger partial charge on any atom is -0.456 e. The zero-order chi connectivity index (χ0) is 36.0. The number of hydrogen-bond donors (Lipinski definition) is 0. The molecule has 2 aromatic heterocycles. The van der Waals surface area contributed by atoms with Crippen molar-refractivity contribution in [2.75, 3.05) is 0 Å². The predicted octanol–water partition coefficient (Wildman–Crippen LogP) is 14.3. The summed E-state index contributed by atoms with van der Waals surface area (Å²) in [5, 5.41) is 7.36. The van der Waals surface area contributed by atoms with Crippen LogP contribution >= 0.6 is 0 Å². The molecule has 0 radical (unpaired) electrons. The van der Waals surface area contributed by atoms with Crippen LogP contribution in [0, 0.1) is 0 Å². The molecule has 12 rings (SSSR count). The van der Waals surface area contributed by atoms with Crippen LogP contribution in [-0.4, -0.2) is 4.57 Å². The van der Waals surface area contributed by atoms with Crippen LogP contribution in [-0.2, 0) is 0 Å². The molecule has 0 fully saturated rings. The van der Waals surface area contributed by atoms with Gasteiger partial charge in [-0.05, 0) is 115 Å². The molecule has 55 heavy (non-hydrogen) atoms. The Morgan fingerprint density at radius 3 is 1.87 bits per heavy atom. The van der Waals surface area contributed by atoms with Gasteiger partial charge in [-0.1, -0.05) is 140 Å². The summed E-state index contributed by atoms with van der Waals surface area (Å²) >= 11 is 0. The van der Waals surface area contributed by atoms with Gasteiger partial charge in [0, 0.05) is 33.2 Å². The fourth-order valence-corrected chi connectivity index (χ4v) is 9.45. The number of benzene rings is 9. The van der Waals surface area contributed by atoms with Crippen LogP contribution < -0.4 is 0 Å². The third-order valence-electron chi connectivity index (χ3n) is 11.9. The number of fused-ring (bicyclic) bond motifs is 10. The highest BCUT2D eigenvalue weighted by Gasteiger charge is 2.31. The molecule has 2 nitrogen and oxygen atoms in total. The standard InChI is InChI=1S/C53H33NO/c1-2-12-36(13-3-1)54-49-20-10-8-17-42(49)47-30-34(24-29-50(47)54)33-22-25-41-40-16-6-7-19-45(40)53(48(41)31-33)46-28-27-37(38-14-4-5-15-39(38)46)35-23-26-44-43-18-9-11-21-51(43)55-52(44)32-35/h1-32,53H. The molecule has 0 bridgehead atoms. The lowest BCUT2D eigenvalue weighted by atomic mass is 9.83. The first kappa shape index (κ1) is 30.3. The Hall–Kier alpha value is -7.16. The van der Waals surface area contributed by atoms with Crippen molar-refractivity contribution in [3.8, 4) is 39.1 Å². The van der Waals surface area contributed by atoms with Crippen LogP contribution in [0.4, 0.5) is 0 Å². The Bertz CT molecular complexity index is 3330. The zero-order valence-corrected chi connectivity index (χ0v) is 29.9. The molecule has 2 heterocycles. The highest BCUT2D eigenvalue weighted by Crippen LogP contribution is 2.51.